The van der Waals surface area contributed by atoms with E-state index in [2.05, 4.69) is 53.2 Å². The van der Waals surface area contributed by atoms with Crippen LogP contribution in [0.5, 0.6) is 5.75 Å². The number of aromatic hydroxyl groups is 1. The molecule has 11 atom stereocenters. The number of nitrogens with zero attached hydrogens (tertiary/aromatic N) is 1. The summed E-state index contributed by atoms with van der Waals surface area (Å²) < 4.78 is 0. The SMILES string of the molecule is CC(C)C[C@H](NC(=O)[C@@H](N)C(C)C)C(=O)N[C@@H](Cc1ccc(O)cc1)C(=O)N1CCC[C@H]1C(=O)N[C@@H](CC(N)=O)C(=O)N[C@@H](CC(=O)O)C(=O)N[C@@H](CC(N)=O)C(=O)N[C@@H](Cc1ccccc1)C(=O)N[C@@H](Cc1ccccc1)C(=O)N[C@@H](CCC(=O)O)C(=O)NCC(=O)N[C@@H](CCCCN)C(=O)O. The van der Waals surface area contributed by atoms with Crippen molar-refractivity contribution >= 4 is 94.7 Å². The Labute approximate surface area is 593 Å². The van der Waals surface area contributed by atoms with Gasteiger partial charge in [0.05, 0.1) is 31.8 Å². The lowest BCUT2D eigenvalue weighted by atomic mass is 9.99. The van der Waals surface area contributed by atoms with Crippen LogP contribution in [0, 0.1) is 11.8 Å². The molecule has 0 aromatic heterocycles. The first-order valence-corrected chi connectivity index (χ1v) is 33.5. The van der Waals surface area contributed by atoms with E-state index in [1.807, 2.05) is 0 Å². The maximum absolute atomic E-state index is 14.7. The third-order valence-electron chi connectivity index (χ3n) is 16.4. The molecule has 0 spiro atoms. The van der Waals surface area contributed by atoms with Crippen molar-refractivity contribution in [2.75, 3.05) is 19.6 Å². The van der Waals surface area contributed by atoms with Crippen molar-refractivity contribution in [2.45, 2.75) is 184 Å². The first-order valence-electron chi connectivity index (χ1n) is 33.5. The van der Waals surface area contributed by atoms with Gasteiger partial charge in [0.25, 0.3) is 0 Å². The highest BCUT2D eigenvalue weighted by Crippen LogP contribution is 2.22. The van der Waals surface area contributed by atoms with Crippen LogP contribution in [0.2, 0.25) is 0 Å². The van der Waals surface area contributed by atoms with Crippen LogP contribution in [0.1, 0.15) is 115 Å². The van der Waals surface area contributed by atoms with E-state index in [1.165, 1.54) is 24.3 Å². The number of carboxylic acid groups (broad SMARTS) is 3. The molecule has 4 rings (SSSR count). The van der Waals surface area contributed by atoms with Gasteiger partial charge < -0.3 is 101 Å². The number of carbonyl (C=O) groups excluding carboxylic acids is 13. The molecule has 0 saturated carbocycles. The van der Waals surface area contributed by atoms with Crippen LogP contribution in [-0.4, -0.2) is 206 Å². The van der Waals surface area contributed by atoms with Crippen LogP contribution in [0.25, 0.3) is 0 Å². The Kier molecular flexibility index (Phi) is 34.6. The van der Waals surface area contributed by atoms with E-state index in [-0.39, 0.29) is 75.6 Å². The molecule has 3 aromatic carbocycles. The molecule has 0 radical (unpaired) electrons. The minimum absolute atomic E-state index is 0.0139. The summed E-state index contributed by atoms with van der Waals surface area (Å²) in [5, 5.41) is 63.1. The third kappa shape index (κ3) is 29.6. The number of rotatable bonds is 44. The lowest BCUT2D eigenvalue weighted by molar-refractivity contribution is -0.143. The van der Waals surface area contributed by atoms with E-state index in [0.29, 0.717) is 29.5 Å². The summed E-state index contributed by atoms with van der Waals surface area (Å²) in [5.41, 5.74) is 23.9. The normalized spacial score (nSPS) is 15.5. The molecule has 562 valence electrons. The first kappa shape index (κ1) is 84.3. The zero-order chi connectivity index (χ0) is 76.6. The minimum Gasteiger partial charge on any atom is -0.508 e. The van der Waals surface area contributed by atoms with Crippen molar-refractivity contribution in [3.63, 3.8) is 0 Å². The molecule has 1 fully saturated rings. The fourth-order valence-electron chi connectivity index (χ4n) is 10.9. The number of phenols is 1. The van der Waals surface area contributed by atoms with Crippen molar-refractivity contribution in [1.82, 2.24) is 58.1 Å². The largest absolute Gasteiger partial charge is 0.508 e. The molecule has 103 heavy (non-hydrogen) atoms. The van der Waals surface area contributed by atoms with Gasteiger partial charge in [-0.3, -0.25) is 71.9 Å². The molecule has 1 heterocycles. The van der Waals surface area contributed by atoms with E-state index in [0.717, 1.165) is 4.90 Å². The Bertz CT molecular complexity index is 3470. The van der Waals surface area contributed by atoms with Crippen LogP contribution in [0.4, 0.5) is 0 Å². The number of hydrogen-bond acceptors (Lipinski definition) is 19. The van der Waals surface area contributed by atoms with Gasteiger partial charge in [0, 0.05) is 32.2 Å². The number of carbonyl (C=O) groups is 16. The maximum Gasteiger partial charge on any atom is 0.326 e. The standard InChI is InChI=1S/C68H95N15O20/c1-36(2)28-44(81-66(100)57(72)37(3)4)59(93)82-50(31-40-20-22-41(84)23-21-40)67(101)83-27-13-19-51(83)65(99)80-48(33-53(71)86)63(97)79-49(34-56(90)91)64(98)78-47(32-52(70)85)62(96)77-46(30-39-16-9-6-10-17-39)61(95)76-45(29-38-14-7-5-8-15-38)60(94)75-42(24-25-55(88)89)58(92)73-35-54(87)74-43(68(102)103)18-11-12-26-69/h5-10,14-17,20-23,36-37,42-51,57,84H,11-13,18-19,24-35,69,72H2,1-4H3,(H2,70,85)(H2,71,86)(H,73,92)(H,74,87)(H,75,94)(H,76,95)(H,77,96)(H,78,98)(H,79,97)(H,80,99)(H,81,100)(H,82,93)(H,88,89)(H,90,91)(H,102,103)/t42-,43-,44-,45-,46-,47-,48-,49-,50-,51-,57-/m0/s1. The summed E-state index contributed by atoms with van der Waals surface area (Å²) in [5.74, 6) is -19.1. The molecule has 1 aliphatic rings. The number of unbranched alkanes of at least 4 members (excludes halogenated alkanes) is 1. The molecule has 0 unspecified atom stereocenters. The van der Waals surface area contributed by atoms with E-state index < -0.39 is 200 Å². The van der Waals surface area contributed by atoms with Crippen LogP contribution < -0.4 is 76.1 Å². The Hall–Kier alpha value is -11.1. The fraction of sp³-hybridized carbons (Fsp3) is 0.500. The van der Waals surface area contributed by atoms with Gasteiger partial charge in [0.1, 0.15) is 66.2 Å². The second kappa shape index (κ2) is 42.2. The number of nitrogens with one attached hydrogen (secondary N) is 10. The number of benzene rings is 3. The molecule has 1 aliphatic heterocycles. The Morgan fingerprint density at radius 3 is 1.41 bits per heavy atom. The highest BCUT2D eigenvalue weighted by molar-refractivity contribution is 6.01. The summed E-state index contributed by atoms with van der Waals surface area (Å²) in [4.78, 5) is 217. The van der Waals surface area contributed by atoms with Crippen molar-refractivity contribution < 1.29 is 97.1 Å². The quantitative estimate of drug-likeness (QED) is 0.0242. The molecular formula is C68H95N15O20. The topological polar surface area (TPSA) is 582 Å². The van der Waals surface area contributed by atoms with Crippen molar-refractivity contribution in [3.8, 4) is 5.75 Å². The van der Waals surface area contributed by atoms with Gasteiger partial charge in [-0.05, 0) is 92.1 Å². The van der Waals surface area contributed by atoms with Gasteiger partial charge in [0.15, 0.2) is 0 Å². The Morgan fingerprint density at radius 2 is 0.932 bits per heavy atom. The van der Waals surface area contributed by atoms with E-state index in [9.17, 15) is 97.1 Å². The van der Waals surface area contributed by atoms with Crippen molar-refractivity contribution in [3.05, 3.63) is 102 Å². The average Bonchev–Trinajstić information content (AvgIpc) is 1.77. The van der Waals surface area contributed by atoms with Gasteiger partial charge in [-0.25, -0.2) is 4.79 Å². The molecule has 35 heteroatoms. The van der Waals surface area contributed by atoms with E-state index >= 15 is 0 Å². The van der Waals surface area contributed by atoms with Crippen LogP contribution in [0.3, 0.4) is 0 Å². The molecule has 0 aliphatic carbocycles. The molecule has 13 amide bonds. The third-order valence-corrected chi connectivity index (χ3v) is 16.4. The van der Waals surface area contributed by atoms with Crippen molar-refractivity contribution in [2.24, 2.45) is 34.8 Å². The van der Waals surface area contributed by atoms with E-state index in [4.69, 9.17) is 22.9 Å². The van der Waals surface area contributed by atoms with Gasteiger partial charge in [0.2, 0.25) is 76.8 Å². The predicted octanol–water partition coefficient (Wildman–Crippen LogP) is -3.78. The average molecular weight is 1440 g/mol. The van der Waals surface area contributed by atoms with Gasteiger partial charge >= 0.3 is 17.9 Å². The summed E-state index contributed by atoms with van der Waals surface area (Å²) in [6, 6.07) is 3.92. The number of amides is 13. The fourth-order valence-corrected chi connectivity index (χ4v) is 10.9. The number of hydrogen-bond donors (Lipinski definition) is 18. The molecule has 3 aromatic rings. The number of aliphatic carboxylic acids is 3. The van der Waals surface area contributed by atoms with Gasteiger partial charge in [-0.2, -0.15) is 0 Å². The monoisotopic (exact) mass is 1440 g/mol. The molecule has 22 N–H and O–H groups in total. The number of likely N-dealkylation sites (tertiary alicyclic amines) is 1. The lowest BCUT2D eigenvalue weighted by Crippen LogP contribution is -2.61. The first-order chi connectivity index (χ1) is 48.6. The number of carboxylic acids is 3. The summed E-state index contributed by atoms with van der Waals surface area (Å²) in [7, 11) is 0. The molecule has 0 bridgehead atoms. The Balaban J connectivity index is 1.61. The van der Waals surface area contributed by atoms with E-state index in [1.54, 1.807) is 88.4 Å². The molecular weight excluding hydrogens is 1350 g/mol. The smallest absolute Gasteiger partial charge is 0.326 e. The van der Waals surface area contributed by atoms with Crippen LogP contribution >= 0.6 is 0 Å². The minimum atomic E-state index is -2.19. The van der Waals surface area contributed by atoms with Gasteiger partial charge in [-0.1, -0.05) is 100 Å². The summed E-state index contributed by atoms with van der Waals surface area (Å²) in [6.07, 6.45) is -4.31. The summed E-state index contributed by atoms with van der Waals surface area (Å²) >= 11 is 0. The summed E-state index contributed by atoms with van der Waals surface area (Å²) in [6.45, 7) is 6.43. The number of primary amides is 2. The second-order valence-corrected chi connectivity index (χ2v) is 25.7. The van der Waals surface area contributed by atoms with Crippen LogP contribution in [-0.2, 0) is 96.0 Å². The number of nitrogens with two attached hydrogens (primary N) is 4. The Morgan fingerprint density at radius 1 is 0.485 bits per heavy atom. The zero-order valence-electron chi connectivity index (χ0n) is 57.7. The highest BCUT2D eigenvalue weighted by atomic mass is 16.4. The predicted molar refractivity (Wildman–Crippen MR) is 367 cm³/mol. The zero-order valence-corrected chi connectivity index (χ0v) is 57.7. The highest BCUT2D eigenvalue weighted by Gasteiger charge is 2.42. The number of phenolic OH excluding ortho intramolecular Hbond substituents is 1. The molecule has 35 nitrogen and oxygen atoms in total. The van der Waals surface area contributed by atoms with Crippen LogP contribution in [0.15, 0.2) is 84.9 Å². The second-order valence-electron chi connectivity index (χ2n) is 25.7. The molecule has 1 saturated heterocycles. The van der Waals surface area contributed by atoms with Gasteiger partial charge in [-0.15, -0.1) is 0 Å². The lowest BCUT2D eigenvalue weighted by Gasteiger charge is -2.31. The van der Waals surface area contributed by atoms with Crippen molar-refractivity contribution in [1.29, 1.82) is 0 Å². The maximum atomic E-state index is 14.7.